The molecule has 7 heteroatoms. The van der Waals surface area contributed by atoms with E-state index in [1.165, 1.54) is 6.26 Å². The summed E-state index contributed by atoms with van der Waals surface area (Å²) in [6.45, 7) is 4.78. The Labute approximate surface area is 179 Å². The van der Waals surface area contributed by atoms with Crippen LogP contribution in [0.5, 0.6) is 17.2 Å². The minimum Gasteiger partial charge on any atom is -0.482 e. The van der Waals surface area contributed by atoms with Gasteiger partial charge in [-0.2, -0.15) is 0 Å². The van der Waals surface area contributed by atoms with Crippen LogP contribution in [-0.4, -0.2) is 19.2 Å². The average molecular weight is 421 g/mol. The number of carbonyl (C=O) groups is 1. The number of benzene rings is 2. The molecule has 0 saturated carbocycles. The maximum Gasteiger partial charge on any atom is 0.287 e. The molecular formula is C24H23NO6. The standard InChI is InChI=1S/C24H23NO6/c1-24(2,17-8-9-19-20(10-17)31-15-30-19)14-25-23(27)21-11-18(26)22(13-29-21)28-12-16-6-4-3-5-7-16/h3-11,13H,12,14-15H2,1-2H3,(H,25,27). The van der Waals surface area contributed by atoms with Crippen LogP contribution in [0.2, 0.25) is 0 Å². The summed E-state index contributed by atoms with van der Waals surface area (Å²) in [6, 6.07) is 16.3. The topological polar surface area (TPSA) is 87.0 Å². The van der Waals surface area contributed by atoms with Crippen LogP contribution < -0.4 is 25.0 Å². The minimum absolute atomic E-state index is 0.0566. The van der Waals surface area contributed by atoms with Crippen molar-refractivity contribution in [1.29, 1.82) is 0 Å². The molecule has 3 aromatic rings. The van der Waals surface area contributed by atoms with Crippen LogP contribution in [0.15, 0.2) is 70.1 Å². The van der Waals surface area contributed by atoms with E-state index in [0.29, 0.717) is 18.0 Å². The SMILES string of the molecule is CC(C)(CNC(=O)c1cc(=O)c(OCc2ccccc2)co1)c1ccc2c(c1)OCO2. The molecule has 0 spiro atoms. The lowest BCUT2D eigenvalue weighted by molar-refractivity contribution is 0.0914. The van der Waals surface area contributed by atoms with Crippen molar-refractivity contribution in [2.45, 2.75) is 25.9 Å². The monoisotopic (exact) mass is 421 g/mol. The van der Waals surface area contributed by atoms with E-state index >= 15 is 0 Å². The van der Waals surface area contributed by atoms with Gasteiger partial charge in [-0.25, -0.2) is 0 Å². The number of nitrogens with one attached hydrogen (secondary N) is 1. The molecule has 2 heterocycles. The molecule has 4 rings (SSSR count). The maximum atomic E-state index is 12.5. The molecule has 7 nitrogen and oxygen atoms in total. The normalized spacial score (nSPS) is 12.5. The molecule has 0 radical (unpaired) electrons. The van der Waals surface area contributed by atoms with E-state index in [4.69, 9.17) is 18.6 Å². The zero-order valence-corrected chi connectivity index (χ0v) is 17.3. The molecule has 0 saturated heterocycles. The molecule has 0 bridgehead atoms. The van der Waals surface area contributed by atoms with Gasteiger partial charge in [0.05, 0.1) is 0 Å². The van der Waals surface area contributed by atoms with Gasteiger partial charge in [0.15, 0.2) is 17.3 Å². The highest BCUT2D eigenvalue weighted by molar-refractivity contribution is 5.91. The van der Waals surface area contributed by atoms with E-state index in [1.807, 2.05) is 62.4 Å². The van der Waals surface area contributed by atoms with Crippen molar-refractivity contribution >= 4 is 5.91 Å². The average Bonchev–Trinajstić information content (AvgIpc) is 3.25. The van der Waals surface area contributed by atoms with Crippen LogP contribution in [0.1, 0.15) is 35.5 Å². The van der Waals surface area contributed by atoms with Crippen molar-refractivity contribution in [2.24, 2.45) is 0 Å². The lowest BCUT2D eigenvalue weighted by atomic mass is 9.84. The molecular weight excluding hydrogens is 398 g/mol. The summed E-state index contributed by atoms with van der Waals surface area (Å²) < 4.78 is 21.6. The number of ether oxygens (including phenoxy) is 3. The highest BCUT2D eigenvalue weighted by Gasteiger charge is 2.25. The van der Waals surface area contributed by atoms with Gasteiger partial charge in [-0.15, -0.1) is 0 Å². The highest BCUT2D eigenvalue weighted by atomic mass is 16.7. The Bertz CT molecular complexity index is 1140. The summed E-state index contributed by atoms with van der Waals surface area (Å²) >= 11 is 0. The quantitative estimate of drug-likeness (QED) is 0.627. The first-order valence-electron chi connectivity index (χ1n) is 9.90. The fourth-order valence-corrected chi connectivity index (χ4v) is 3.17. The summed E-state index contributed by atoms with van der Waals surface area (Å²) in [5.74, 6) is 0.911. The van der Waals surface area contributed by atoms with Crippen molar-refractivity contribution in [3.8, 4) is 17.2 Å². The van der Waals surface area contributed by atoms with Gasteiger partial charge in [0.1, 0.15) is 12.9 Å². The smallest absolute Gasteiger partial charge is 0.287 e. The molecule has 31 heavy (non-hydrogen) atoms. The van der Waals surface area contributed by atoms with E-state index in [9.17, 15) is 9.59 Å². The number of rotatable bonds is 7. The van der Waals surface area contributed by atoms with Crippen molar-refractivity contribution in [1.82, 2.24) is 5.32 Å². The number of hydrogen-bond acceptors (Lipinski definition) is 6. The van der Waals surface area contributed by atoms with Gasteiger partial charge in [-0.1, -0.05) is 50.2 Å². The fraction of sp³-hybridized carbons (Fsp3) is 0.250. The third-order valence-corrected chi connectivity index (χ3v) is 5.10. The third-order valence-electron chi connectivity index (χ3n) is 5.10. The van der Waals surface area contributed by atoms with Crippen LogP contribution in [0.25, 0.3) is 0 Å². The third kappa shape index (κ3) is 4.71. The summed E-state index contributed by atoms with van der Waals surface area (Å²) in [6.07, 6.45) is 1.17. The van der Waals surface area contributed by atoms with Crippen molar-refractivity contribution < 1.29 is 23.4 Å². The Kier molecular flexibility index (Phi) is 5.66. The predicted octanol–water partition coefficient (Wildman–Crippen LogP) is 3.66. The molecule has 0 aliphatic carbocycles. The molecule has 160 valence electrons. The fourth-order valence-electron chi connectivity index (χ4n) is 3.17. The number of fused-ring (bicyclic) bond motifs is 1. The summed E-state index contributed by atoms with van der Waals surface area (Å²) in [4.78, 5) is 24.8. The lowest BCUT2D eigenvalue weighted by Gasteiger charge is -2.25. The molecule has 0 unspecified atom stereocenters. The Morgan fingerprint density at radius 1 is 1.06 bits per heavy atom. The van der Waals surface area contributed by atoms with Crippen LogP contribution >= 0.6 is 0 Å². The van der Waals surface area contributed by atoms with Crippen molar-refractivity contribution in [2.75, 3.05) is 13.3 Å². The second kappa shape index (κ2) is 8.55. The van der Waals surface area contributed by atoms with Gasteiger partial charge in [0.25, 0.3) is 5.91 Å². The summed E-state index contributed by atoms with van der Waals surface area (Å²) in [5.41, 5.74) is 1.12. The van der Waals surface area contributed by atoms with E-state index in [2.05, 4.69) is 5.32 Å². The summed E-state index contributed by atoms with van der Waals surface area (Å²) in [5, 5.41) is 2.83. The highest BCUT2D eigenvalue weighted by Crippen LogP contribution is 2.36. The molecule has 1 aromatic heterocycles. The van der Waals surface area contributed by atoms with Gasteiger partial charge >= 0.3 is 0 Å². The number of hydrogen-bond donors (Lipinski definition) is 1. The second-order valence-corrected chi connectivity index (χ2v) is 7.88. The maximum absolute atomic E-state index is 12.5. The van der Waals surface area contributed by atoms with E-state index in [-0.39, 0.29) is 30.3 Å². The molecule has 1 N–H and O–H groups in total. The Balaban J connectivity index is 1.38. The van der Waals surface area contributed by atoms with Crippen molar-refractivity contribution in [3.05, 3.63) is 88.0 Å². The lowest BCUT2D eigenvalue weighted by Crippen LogP contribution is -2.37. The Morgan fingerprint density at radius 3 is 2.61 bits per heavy atom. The molecule has 2 aromatic carbocycles. The number of carbonyl (C=O) groups excluding carboxylic acids is 1. The minimum atomic E-state index is -0.472. The first-order valence-corrected chi connectivity index (χ1v) is 9.90. The Hall–Kier alpha value is -3.74. The molecule has 0 fully saturated rings. The predicted molar refractivity (Wildman–Crippen MR) is 114 cm³/mol. The van der Waals surface area contributed by atoms with Gasteiger partial charge < -0.3 is 23.9 Å². The molecule has 1 aliphatic rings. The zero-order valence-electron chi connectivity index (χ0n) is 17.3. The molecule has 0 atom stereocenters. The van der Waals surface area contributed by atoms with E-state index in [1.54, 1.807) is 0 Å². The number of amides is 1. The van der Waals surface area contributed by atoms with Crippen LogP contribution in [-0.2, 0) is 12.0 Å². The van der Waals surface area contributed by atoms with Gasteiger partial charge in [0, 0.05) is 18.0 Å². The van der Waals surface area contributed by atoms with Gasteiger partial charge in [0.2, 0.25) is 18.0 Å². The van der Waals surface area contributed by atoms with Gasteiger partial charge in [-0.05, 0) is 23.3 Å². The largest absolute Gasteiger partial charge is 0.482 e. The van der Waals surface area contributed by atoms with Crippen LogP contribution in [0, 0.1) is 0 Å². The summed E-state index contributed by atoms with van der Waals surface area (Å²) in [7, 11) is 0. The zero-order chi connectivity index (χ0) is 21.8. The first-order chi connectivity index (χ1) is 14.9. The van der Waals surface area contributed by atoms with Crippen molar-refractivity contribution in [3.63, 3.8) is 0 Å². The van der Waals surface area contributed by atoms with Crippen LogP contribution in [0.4, 0.5) is 0 Å². The Morgan fingerprint density at radius 2 is 1.84 bits per heavy atom. The first kappa shape index (κ1) is 20.5. The second-order valence-electron chi connectivity index (χ2n) is 7.88. The van der Waals surface area contributed by atoms with Gasteiger partial charge in [-0.3, -0.25) is 9.59 Å². The molecule has 1 amide bonds. The van der Waals surface area contributed by atoms with Crippen LogP contribution in [0.3, 0.4) is 0 Å². The molecule has 1 aliphatic heterocycles. The van der Waals surface area contributed by atoms with E-state index in [0.717, 1.165) is 17.2 Å². The van der Waals surface area contributed by atoms with E-state index < -0.39 is 11.3 Å².